The van der Waals surface area contributed by atoms with Gasteiger partial charge >= 0.3 is 0 Å². The molecule has 0 unspecified atom stereocenters. The van der Waals surface area contributed by atoms with E-state index >= 15 is 0 Å². The second-order valence-electron chi connectivity index (χ2n) is 8.47. The van der Waals surface area contributed by atoms with Gasteiger partial charge in [-0.3, -0.25) is 9.78 Å². The van der Waals surface area contributed by atoms with Crippen LogP contribution in [-0.2, 0) is 6.42 Å². The van der Waals surface area contributed by atoms with Crippen LogP contribution >= 0.6 is 0 Å². The van der Waals surface area contributed by atoms with Crippen LogP contribution in [0.4, 0.5) is 0 Å². The van der Waals surface area contributed by atoms with Crippen molar-refractivity contribution in [3.63, 3.8) is 0 Å². The summed E-state index contributed by atoms with van der Waals surface area (Å²) in [5, 5.41) is 14.9. The fourth-order valence-electron chi connectivity index (χ4n) is 4.32. The molecule has 3 N–H and O–H groups in total. The van der Waals surface area contributed by atoms with Gasteiger partial charge in [-0.05, 0) is 48.4 Å². The predicted molar refractivity (Wildman–Crippen MR) is 141 cm³/mol. The summed E-state index contributed by atoms with van der Waals surface area (Å²) < 4.78 is 5.39. The van der Waals surface area contributed by atoms with E-state index in [0.29, 0.717) is 28.8 Å². The van der Waals surface area contributed by atoms with Gasteiger partial charge in [-0.25, -0.2) is 0 Å². The zero-order valence-electron chi connectivity index (χ0n) is 19.8. The second-order valence-corrected chi connectivity index (χ2v) is 8.47. The molecule has 0 aliphatic carbocycles. The zero-order valence-corrected chi connectivity index (χ0v) is 19.8. The van der Waals surface area contributed by atoms with Crippen molar-refractivity contribution >= 4 is 27.7 Å². The predicted octanol–water partition coefficient (Wildman–Crippen LogP) is 4.46. The highest BCUT2D eigenvalue weighted by Gasteiger charge is 2.18. The molecule has 36 heavy (non-hydrogen) atoms. The summed E-state index contributed by atoms with van der Waals surface area (Å²) in [4.78, 5) is 21.1. The fourth-order valence-corrected chi connectivity index (χ4v) is 4.32. The van der Waals surface area contributed by atoms with Crippen LogP contribution in [0.2, 0.25) is 0 Å². The lowest BCUT2D eigenvalue weighted by Crippen LogP contribution is -2.39. The van der Waals surface area contributed by atoms with E-state index in [0.717, 1.165) is 27.4 Å². The van der Waals surface area contributed by atoms with Crippen molar-refractivity contribution in [3.05, 3.63) is 107 Å². The van der Waals surface area contributed by atoms with Gasteiger partial charge < -0.3 is 20.1 Å². The zero-order chi connectivity index (χ0) is 24.9. The lowest BCUT2D eigenvalue weighted by atomic mass is 10.0. The van der Waals surface area contributed by atoms with Gasteiger partial charge in [0, 0.05) is 34.2 Å². The number of carbonyl (C=O) groups excluding carboxylic acids is 1. The summed E-state index contributed by atoms with van der Waals surface area (Å²) in [7, 11) is 1.61. The van der Waals surface area contributed by atoms with Crippen LogP contribution in [0.15, 0.2) is 85.2 Å². The number of para-hydroxylation sites is 2. The van der Waals surface area contributed by atoms with Gasteiger partial charge in [0.2, 0.25) is 0 Å². The minimum Gasteiger partial charge on any atom is -0.495 e. The largest absolute Gasteiger partial charge is 0.495 e. The van der Waals surface area contributed by atoms with Crippen molar-refractivity contribution in [2.24, 2.45) is 0 Å². The molecular formula is C30H25N3O3. The summed E-state index contributed by atoms with van der Waals surface area (Å²) in [5.41, 5.74) is 4.49. The van der Waals surface area contributed by atoms with E-state index < -0.39 is 6.04 Å². The molecule has 0 aliphatic heterocycles. The number of aliphatic hydroxyl groups excluding tert-OH is 1. The van der Waals surface area contributed by atoms with Crippen LogP contribution in [-0.4, -0.2) is 40.7 Å². The third-order valence-electron chi connectivity index (χ3n) is 6.09. The number of aromatic nitrogens is 2. The number of H-pyrrole nitrogens is 1. The van der Waals surface area contributed by atoms with Crippen molar-refractivity contribution in [1.82, 2.24) is 15.3 Å². The number of carbonyl (C=O) groups is 1. The molecule has 2 heterocycles. The fraction of sp³-hybridized carbons (Fsp3) is 0.133. The van der Waals surface area contributed by atoms with Gasteiger partial charge in [0.05, 0.1) is 36.4 Å². The molecule has 6 heteroatoms. The molecule has 0 spiro atoms. The highest BCUT2D eigenvalue weighted by molar-refractivity contribution is 6.06. The minimum absolute atomic E-state index is 0.191. The highest BCUT2D eigenvalue weighted by atomic mass is 16.5. The quantitative estimate of drug-likeness (QED) is 0.317. The Morgan fingerprint density at radius 1 is 1.08 bits per heavy atom. The van der Waals surface area contributed by atoms with E-state index in [-0.39, 0.29) is 12.5 Å². The number of rotatable bonds is 6. The van der Waals surface area contributed by atoms with E-state index in [9.17, 15) is 9.90 Å². The molecule has 2 aromatic heterocycles. The molecule has 178 valence electrons. The number of ether oxygens (including phenoxy) is 1. The first kappa shape index (κ1) is 23.2. The molecule has 0 aliphatic rings. The molecule has 6 nitrogen and oxygen atoms in total. The number of hydrogen-bond donors (Lipinski definition) is 3. The number of benzene rings is 3. The number of nitrogens with zero attached hydrogens (tertiary/aromatic N) is 1. The smallest absolute Gasteiger partial charge is 0.253 e. The van der Waals surface area contributed by atoms with Crippen LogP contribution in [0.1, 0.15) is 27.0 Å². The van der Waals surface area contributed by atoms with E-state index in [4.69, 9.17) is 4.74 Å². The molecule has 0 radical (unpaired) electrons. The van der Waals surface area contributed by atoms with Crippen LogP contribution in [0.25, 0.3) is 21.8 Å². The second kappa shape index (κ2) is 10.3. The number of methoxy groups -OCH3 is 1. The summed E-state index contributed by atoms with van der Waals surface area (Å²) in [6.45, 7) is -0.191. The Labute approximate surface area is 209 Å². The number of hydrogen-bond acceptors (Lipinski definition) is 4. The Morgan fingerprint density at radius 3 is 2.78 bits per heavy atom. The van der Waals surface area contributed by atoms with Gasteiger partial charge in [-0.2, -0.15) is 0 Å². The standard InChI is InChI=1S/C30H25N3O3/c1-36-28-11-5-2-7-21(28)13-12-20-15-22-8-6-14-31-29(22)26(16-20)30(35)33-24(19-34)17-23-18-32-27-10-4-3-9-25(23)27/h2-11,14-16,18,24,32,34H,17,19H2,1H3,(H,33,35)/t24-/m1/s1. The number of aromatic amines is 1. The molecule has 0 fully saturated rings. The highest BCUT2D eigenvalue weighted by Crippen LogP contribution is 2.22. The molecule has 0 saturated carbocycles. The van der Waals surface area contributed by atoms with E-state index in [1.54, 1.807) is 19.4 Å². The lowest BCUT2D eigenvalue weighted by Gasteiger charge is -2.17. The van der Waals surface area contributed by atoms with Crippen molar-refractivity contribution in [1.29, 1.82) is 0 Å². The molecule has 3 aromatic carbocycles. The Kier molecular flexibility index (Phi) is 6.65. The van der Waals surface area contributed by atoms with E-state index in [1.165, 1.54) is 0 Å². The first-order valence-electron chi connectivity index (χ1n) is 11.7. The third kappa shape index (κ3) is 4.78. The van der Waals surface area contributed by atoms with Gasteiger partial charge in [-0.15, -0.1) is 0 Å². The summed E-state index contributed by atoms with van der Waals surface area (Å²) >= 11 is 0. The van der Waals surface area contributed by atoms with Crippen LogP contribution < -0.4 is 10.1 Å². The molecule has 1 amide bonds. The number of pyridine rings is 1. The van der Waals surface area contributed by atoms with Gasteiger partial charge in [0.1, 0.15) is 5.75 Å². The minimum atomic E-state index is -0.459. The average Bonchev–Trinajstić information content (AvgIpc) is 3.33. The maximum atomic E-state index is 13.4. The van der Waals surface area contributed by atoms with Crippen molar-refractivity contribution in [2.45, 2.75) is 12.5 Å². The Bertz CT molecular complexity index is 1610. The van der Waals surface area contributed by atoms with Gasteiger partial charge in [0.25, 0.3) is 5.91 Å². The van der Waals surface area contributed by atoms with Crippen molar-refractivity contribution in [2.75, 3.05) is 13.7 Å². The summed E-state index contributed by atoms with van der Waals surface area (Å²) in [6, 6.07) is 22.4. The van der Waals surface area contributed by atoms with Gasteiger partial charge in [-0.1, -0.05) is 48.2 Å². The normalized spacial score (nSPS) is 11.6. The number of nitrogens with one attached hydrogen (secondary N) is 2. The van der Waals surface area contributed by atoms with Crippen molar-refractivity contribution < 1.29 is 14.6 Å². The van der Waals surface area contributed by atoms with Crippen LogP contribution in [0.3, 0.4) is 0 Å². The lowest BCUT2D eigenvalue weighted by molar-refractivity contribution is 0.0918. The molecule has 5 aromatic rings. The summed E-state index contributed by atoms with van der Waals surface area (Å²) in [6.07, 6.45) is 4.07. The maximum absolute atomic E-state index is 13.4. The number of aliphatic hydroxyl groups is 1. The van der Waals surface area contributed by atoms with Gasteiger partial charge in [0.15, 0.2) is 0 Å². The topological polar surface area (TPSA) is 87.2 Å². The summed E-state index contributed by atoms with van der Waals surface area (Å²) in [5.74, 6) is 6.68. The third-order valence-corrected chi connectivity index (χ3v) is 6.09. The van der Waals surface area contributed by atoms with E-state index in [2.05, 4.69) is 27.1 Å². The van der Waals surface area contributed by atoms with Crippen LogP contribution in [0.5, 0.6) is 5.75 Å². The first-order valence-corrected chi connectivity index (χ1v) is 11.7. The SMILES string of the molecule is COc1ccccc1C#Cc1cc(C(=O)N[C@@H](CO)Cc2c[nH]c3ccccc23)c2ncccc2c1. The number of amides is 1. The molecule has 5 rings (SSSR count). The van der Waals surface area contributed by atoms with E-state index in [1.807, 2.05) is 72.9 Å². The van der Waals surface area contributed by atoms with Crippen molar-refractivity contribution in [3.8, 4) is 17.6 Å². The monoisotopic (exact) mass is 475 g/mol. The Morgan fingerprint density at radius 2 is 1.92 bits per heavy atom. The maximum Gasteiger partial charge on any atom is 0.253 e. The average molecular weight is 476 g/mol. The molecular weight excluding hydrogens is 450 g/mol. The molecule has 1 atom stereocenters. The molecule has 0 bridgehead atoms. The first-order chi connectivity index (χ1) is 17.7. The Hall–Kier alpha value is -4.60. The molecule has 0 saturated heterocycles. The number of fused-ring (bicyclic) bond motifs is 2. The Balaban J connectivity index is 1.45. The van der Waals surface area contributed by atoms with Crippen LogP contribution in [0, 0.1) is 11.8 Å².